The first-order chi connectivity index (χ1) is 17.9. The Balaban J connectivity index is -0.000000321. The van der Waals surface area contributed by atoms with Crippen LogP contribution >= 0.6 is 99.3 Å². The van der Waals surface area contributed by atoms with Crippen molar-refractivity contribution in [3.63, 3.8) is 0 Å². The Morgan fingerprint density at radius 1 is 0.356 bits per heavy atom. The fraction of sp³-hybridized carbons (Fsp3) is 0.786. The van der Waals surface area contributed by atoms with Gasteiger partial charge in [0.2, 0.25) is 0 Å². The summed E-state index contributed by atoms with van der Waals surface area (Å²) in [6.45, 7) is 19.6. The van der Waals surface area contributed by atoms with Crippen LogP contribution in [0.4, 0.5) is 0 Å². The smallest absolute Gasteiger partial charge is 0.0234 e. The molecule has 0 radical (unpaired) electrons. The molecule has 0 atom stereocenters. The Morgan fingerprint density at radius 3 is 0.933 bits per heavy atom. The minimum atomic E-state index is 0. The second kappa shape index (κ2) is 43.2. The van der Waals surface area contributed by atoms with Crippen LogP contribution in [-0.4, -0.2) is 120 Å². The predicted molar refractivity (Wildman–Crippen MR) is 214 cm³/mol. The van der Waals surface area contributed by atoms with E-state index in [1.165, 1.54) is 36.8 Å². The number of nitrogens with zero attached hydrogens (tertiary/aromatic N) is 2. The maximum absolute atomic E-state index is 3.63. The maximum atomic E-state index is 3.63. The lowest BCUT2D eigenvalue weighted by Crippen LogP contribution is -2.36. The molecule has 278 valence electrons. The molecule has 0 saturated carbocycles. The quantitative estimate of drug-likeness (QED) is 0.276. The second-order valence-corrected chi connectivity index (χ2v) is 10.3. The molecule has 0 amide bonds. The van der Waals surface area contributed by atoms with Gasteiger partial charge in [0.15, 0.2) is 0 Å². The highest BCUT2D eigenvalue weighted by Crippen LogP contribution is 2.11. The van der Waals surface area contributed by atoms with E-state index in [0.717, 1.165) is 118 Å². The molecule has 3 rings (SSSR count). The van der Waals surface area contributed by atoms with Crippen LogP contribution in [0.1, 0.15) is 36.8 Å². The lowest BCUT2D eigenvalue weighted by Gasteiger charge is -2.24. The zero-order valence-corrected chi connectivity index (χ0v) is 33.1. The summed E-state index contributed by atoms with van der Waals surface area (Å²) in [5.41, 5.74) is 2.86. The lowest BCUT2D eigenvalue weighted by molar-refractivity contribution is 0.258. The number of hydrogen-bond acceptors (Lipinski definition) is 8. The molecule has 2 aliphatic rings. The van der Waals surface area contributed by atoms with Gasteiger partial charge in [-0.05, 0) is 89.2 Å². The van der Waals surface area contributed by atoms with Crippen molar-refractivity contribution >= 4 is 99.3 Å². The van der Waals surface area contributed by atoms with Crippen LogP contribution in [0.25, 0.3) is 0 Å². The third kappa shape index (κ3) is 32.2. The van der Waals surface area contributed by atoms with E-state index < -0.39 is 0 Å². The average molecular weight is 812 g/mol. The van der Waals surface area contributed by atoms with E-state index in [0.29, 0.717) is 0 Å². The van der Waals surface area contributed by atoms with Crippen molar-refractivity contribution < 1.29 is 5.48 Å². The summed E-state index contributed by atoms with van der Waals surface area (Å²) in [6, 6.07) is 9.42. The molecule has 0 unspecified atom stereocenters. The van der Waals surface area contributed by atoms with Crippen LogP contribution in [0.5, 0.6) is 0 Å². The van der Waals surface area contributed by atoms with E-state index in [-0.39, 0.29) is 105 Å². The third-order valence-corrected chi connectivity index (χ3v) is 7.07. The minimum Gasteiger partial charge on any atom is -0.412 e. The first-order valence-electron chi connectivity index (χ1n) is 14.7. The monoisotopic (exact) mass is 808 g/mol. The van der Waals surface area contributed by atoms with Crippen LogP contribution in [-0.2, 0) is 13.1 Å². The Hall–Kier alpha value is 1.18. The summed E-state index contributed by atoms with van der Waals surface area (Å²) in [5, 5.41) is 21.4. The number of benzene rings is 1. The lowest BCUT2D eigenvalue weighted by atomic mass is 10.1. The molecular formula is C28H64Cl8N8O. The van der Waals surface area contributed by atoms with Gasteiger partial charge in [-0.1, -0.05) is 24.3 Å². The van der Waals surface area contributed by atoms with Crippen molar-refractivity contribution in [1.29, 1.82) is 0 Å². The highest BCUT2D eigenvalue weighted by atomic mass is 35.5. The Labute approximate surface area is 323 Å². The molecule has 2 aliphatic heterocycles. The largest absolute Gasteiger partial charge is 0.412 e. The SMILES string of the molecule is Cl.Cl.Cl.Cl.Cl.Cl.Cl.Cl.O.c1cc(CN2CCCNCCNCCCNCC2)ccc1CN1CCCNCCNCCCNCC1. The topological polar surface area (TPSA) is 110 Å². The van der Waals surface area contributed by atoms with Gasteiger partial charge in [-0.15, -0.1) is 99.3 Å². The van der Waals surface area contributed by atoms with Gasteiger partial charge in [-0.2, -0.15) is 0 Å². The second-order valence-electron chi connectivity index (χ2n) is 10.3. The van der Waals surface area contributed by atoms with E-state index in [1.807, 2.05) is 0 Å². The van der Waals surface area contributed by atoms with Gasteiger partial charge < -0.3 is 37.4 Å². The fourth-order valence-electron chi connectivity index (χ4n) is 4.92. The molecule has 0 aromatic heterocycles. The zero-order valence-electron chi connectivity index (χ0n) is 26.5. The molecule has 45 heavy (non-hydrogen) atoms. The first kappa shape index (κ1) is 61.4. The Kier molecular flexibility index (Phi) is 59.0. The van der Waals surface area contributed by atoms with Crippen LogP contribution in [0.3, 0.4) is 0 Å². The maximum Gasteiger partial charge on any atom is 0.0234 e. The Morgan fingerprint density at radius 2 is 0.622 bits per heavy atom. The molecule has 0 aliphatic carbocycles. The summed E-state index contributed by atoms with van der Waals surface area (Å²) in [4.78, 5) is 5.23. The molecular weight excluding hydrogens is 748 g/mol. The summed E-state index contributed by atoms with van der Waals surface area (Å²) in [7, 11) is 0. The molecule has 8 N–H and O–H groups in total. The van der Waals surface area contributed by atoms with Crippen molar-refractivity contribution in [2.45, 2.75) is 38.8 Å². The molecule has 2 heterocycles. The summed E-state index contributed by atoms with van der Waals surface area (Å²) in [6.07, 6.45) is 4.80. The normalized spacial score (nSPS) is 18.3. The van der Waals surface area contributed by atoms with Crippen molar-refractivity contribution in [3.05, 3.63) is 35.4 Å². The average Bonchev–Trinajstić information content (AvgIpc) is 2.89. The van der Waals surface area contributed by atoms with Crippen molar-refractivity contribution in [1.82, 2.24) is 41.7 Å². The van der Waals surface area contributed by atoms with E-state index in [9.17, 15) is 0 Å². The molecule has 1 aromatic carbocycles. The van der Waals surface area contributed by atoms with Crippen molar-refractivity contribution in [2.75, 3.05) is 105 Å². The van der Waals surface area contributed by atoms with Crippen LogP contribution in [0.15, 0.2) is 24.3 Å². The van der Waals surface area contributed by atoms with E-state index in [2.05, 4.69) is 66.0 Å². The molecule has 17 heteroatoms. The minimum absolute atomic E-state index is 0. The van der Waals surface area contributed by atoms with Gasteiger partial charge in [0.25, 0.3) is 0 Å². The number of halogens is 8. The molecule has 1 aromatic rings. The standard InChI is InChI=1S/C28H54N8.8ClH.H2O/c1-9-29-15-17-31-13-3-21-35(23-19-33-11-1)25-27-5-7-28(8-6-27)26-36-22-4-14-32-18-16-30-10-2-12-34-20-24-36;;;;;;;;;/h5-8,29-34H,1-4,9-26H2;8*1H;1H2. The third-order valence-electron chi connectivity index (χ3n) is 7.07. The number of nitrogens with one attached hydrogen (secondary N) is 6. The van der Waals surface area contributed by atoms with Crippen molar-refractivity contribution in [2.24, 2.45) is 0 Å². The van der Waals surface area contributed by atoms with Gasteiger partial charge in [0.05, 0.1) is 0 Å². The van der Waals surface area contributed by atoms with Crippen LogP contribution < -0.4 is 31.9 Å². The van der Waals surface area contributed by atoms with Crippen LogP contribution in [0, 0.1) is 0 Å². The summed E-state index contributed by atoms with van der Waals surface area (Å²) in [5.74, 6) is 0. The summed E-state index contributed by atoms with van der Waals surface area (Å²) < 4.78 is 0. The van der Waals surface area contributed by atoms with E-state index in [1.54, 1.807) is 0 Å². The fourth-order valence-corrected chi connectivity index (χ4v) is 4.92. The highest BCUT2D eigenvalue weighted by Gasteiger charge is 2.09. The van der Waals surface area contributed by atoms with Gasteiger partial charge >= 0.3 is 0 Å². The van der Waals surface area contributed by atoms with Gasteiger partial charge in [-0.3, -0.25) is 9.80 Å². The predicted octanol–water partition coefficient (Wildman–Crippen LogP) is 2.97. The van der Waals surface area contributed by atoms with E-state index in [4.69, 9.17) is 0 Å². The number of rotatable bonds is 4. The molecule has 9 nitrogen and oxygen atoms in total. The van der Waals surface area contributed by atoms with E-state index >= 15 is 0 Å². The molecule has 2 saturated heterocycles. The van der Waals surface area contributed by atoms with Crippen LogP contribution in [0.2, 0.25) is 0 Å². The highest BCUT2D eigenvalue weighted by molar-refractivity contribution is 5.86. The first-order valence-corrected chi connectivity index (χ1v) is 14.7. The number of hydrogen-bond donors (Lipinski definition) is 6. The molecule has 0 spiro atoms. The van der Waals surface area contributed by atoms with Gasteiger partial charge in [0.1, 0.15) is 0 Å². The van der Waals surface area contributed by atoms with Gasteiger partial charge in [0, 0.05) is 65.4 Å². The van der Waals surface area contributed by atoms with Gasteiger partial charge in [-0.25, -0.2) is 0 Å². The van der Waals surface area contributed by atoms with Crippen molar-refractivity contribution in [3.8, 4) is 0 Å². The zero-order chi connectivity index (χ0) is 24.9. The molecule has 0 bridgehead atoms. The Bertz CT molecular complexity index is 595. The molecule has 2 fully saturated rings. The summed E-state index contributed by atoms with van der Waals surface area (Å²) >= 11 is 0.